The lowest BCUT2D eigenvalue weighted by atomic mass is 10.1. The molecule has 1 atom stereocenters. The first-order chi connectivity index (χ1) is 13.9. The molecule has 1 fully saturated rings. The monoisotopic (exact) mass is 435 g/mol. The van der Waals surface area contributed by atoms with Gasteiger partial charge in [0, 0.05) is 19.2 Å². The molecule has 0 spiro atoms. The van der Waals surface area contributed by atoms with Crippen molar-refractivity contribution < 1.29 is 19.1 Å². The second kappa shape index (κ2) is 9.15. The van der Waals surface area contributed by atoms with Gasteiger partial charge in [-0.1, -0.05) is 41.9 Å². The summed E-state index contributed by atoms with van der Waals surface area (Å²) in [7, 11) is 1.40. The summed E-state index contributed by atoms with van der Waals surface area (Å²) >= 11 is 12.1. The fourth-order valence-corrected chi connectivity index (χ4v) is 3.37. The molecular formula is C20H19Cl2N3O4. The van der Waals surface area contributed by atoms with Gasteiger partial charge >= 0.3 is 6.03 Å². The maximum Gasteiger partial charge on any atom is 0.326 e. The molecule has 152 valence electrons. The Morgan fingerprint density at radius 2 is 1.86 bits per heavy atom. The molecule has 29 heavy (non-hydrogen) atoms. The van der Waals surface area contributed by atoms with Crippen LogP contribution in [0.15, 0.2) is 48.5 Å². The number of alkyl halides is 1. The maximum atomic E-state index is 12.4. The van der Waals surface area contributed by atoms with E-state index in [2.05, 4.69) is 5.32 Å². The van der Waals surface area contributed by atoms with E-state index in [1.165, 1.54) is 11.9 Å². The highest BCUT2D eigenvalue weighted by molar-refractivity contribution is 6.33. The number of amides is 4. The van der Waals surface area contributed by atoms with Crippen molar-refractivity contribution in [2.75, 3.05) is 25.5 Å². The fraction of sp³-hybridized carbons (Fsp3) is 0.250. The average Bonchev–Trinajstić information content (AvgIpc) is 2.71. The standard InChI is InChI=1S/C20H19Cl2N3O4/c1-24-19(27)15(22)11-25(20(24)28)10-13-6-2-5-9-17(13)29-12-18(26)23-16-8-4-3-7-14(16)21/h2-9,15H,10-12H2,1H3,(H,23,26). The third kappa shape index (κ3) is 4.99. The summed E-state index contributed by atoms with van der Waals surface area (Å²) in [6, 6.07) is 13.5. The quantitative estimate of drug-likeness (QED) is 0.705. The van der Waals surface area contributed by atoms with Gasteiger partial charge < -0.3 is 15.0 Å². The molecule has 7 nitrogen and oxygen atoms in total. The number of para-hydroxylation sites is 2. The number of urea groups is 1. The number of anilines is 1. The molecule has 2 aromatic rings. The van der Waals surface area contributed by atoms with Gasteiger partial charge in [0.05, 0.1) is 17.3 Å². The van der Waals surface area contributed by atoms with E-state index in [1.54, 1.807) is 48.5 Å². The first kappa shape index (κ1) is 21.0. The molecule has 0 bridgehead atoms. The summed E-state index contributed by atoms with van der Waals surface area (Å²) in [6.07, 6.45) is 0. The number of nitrogens with one attached hydrogen (secondary N) is 1. The minimum atomic E-state index is -0.799. The number of halogens is 2. The molecule has 4 amide bonds. The van der Waals surface area contributed by atoms with Crippen molar-refractivity contribution in [3.05, 3.63) is 59.1 Å². The second-order valence-corrected chi connectivity index (χ2v) is 7.39. The van der Waals surface area contributed by atoms with Crippen molar-refractivity contribution in [1.29, 1.82) is 0 Å². The lowest BCUT2D eigenvalue weighted by molar-refractivity contribution is -0.129. The Morgan fingerprint density at radius 1 is 1.17 bits per heavy atom. The van der Waals surface area contributed by atoms with Crippen molar-refractivity contribution in [3.63, 3.8) is 0 Å². The highest BCUT2D eigenvalue weighted by atomic mass is 35.5. The summed E-state index contributed by atoms with van der Waals surface area (Å²) in [6.45, 7) is 0.0690. The van der Waals surface area contributed by atoms with Crippen LogP contribution in [0.3, 0.4) is 0 Å². The normalized spacial score (nSPS) is 16.7. The summed E-state index contributed by atoms with van der Waals surface area (Å²) in [5.41, 5.74) is 1.19. The van der Waals surface area contributed by atoms with E-state index in [1.807, 2.05) is 0 Å². The molecule has 0 aromatic heterocycles. The van der Waals surface area contributed by atoms with Gasteiger partial charge in [0.15, 0.2) is 6.61 Å². The van der Waals surface area contributed by atoms with Crippen LogP contribution in [0.5, 0.6) is 5.75 Å². The van der Waals surface area contributed by atoms with E-state index in [0.717, 1.165) is 4.90 Å². The summed E-state index contributed by atoms with van der Waals surface area (Å²) < 4.78 is 5.66. The molecule has 0 radical (unpaired) electrons. The molecular weight excluding hydrogens is 417 g/mol. The summed E-state index contributed by atoms with van der Waals surface area (Å²) in [5, 5.41) is 2.31. The topological polar surface area (TPSA) is 79.0 Å². The van der Waals surface area contributed by atoms with E-state index in [0.29, 0.717) is 22.0 Å². The van der Waals surface area contributed by atoms with Gasteiger partial charge in [-0.2, -0.15) is 0 Å². The smallest absolute Gasteiger partial charge is 0.326 e. The van der Waals surface area contributed by atoms with Crippen LogP contribution in [0.25, 0.3) is 0 Å². The fourth-order valence-electron chi connectivity index (χ4n) is 2.87. The maximum absolute atomic E-state index is 12.4. The van der Waals surface area contributed by atoms with Crippen LogP contribution in [0.1, 0.15) is 5.56 Å². The highest BCUT2D eigenvalue weighted by Gasteiger charge is 2.36. The van der Waals surface area contributed by atoms with E-state index < -0.39 is 17.3 Å². The number of imide groups is 1. The number of hydrogen-bond donors (Lipinski definition) is 1. The first-order valence-corrected chi connectivity index (χ1v) is 9.64. The molecule has 1 N–H and O–H groups in total. The molecule has 1 saturated heterocycles. The zero-order chi connectivity index (χ0) is 21.0. The molecule has 1 heterocycles. The largest absolute Gasteiger partial charge is 0.483 e. The van der Waals surface area contributed by atoms with Gasteiger partial charge in [-0.05, 0) is 18.2 Å². The number of nitrogens with zero attached hydrogens (tertiary/aromatic N) is 2. The number of carbonyl (C=O) groups is 3. The van der Waals surface area contributed by atoms with Crippen molar-refractivity contribution >= 4 is 46.7 Å². The third-order valence-electron chi connectivity index (χ3n) is 4.38. The van der Waals surface area contributed by atoms with Gasteiger partial charge in [-0.25, -0.2) is 4.79 Å². The summed E-state index contributed by atoms with van der Waals surface area (Å²) in [4.78, 5) is 38.8. The lowest BCUT2D eigenvalue weighted by Crippen LogP contribution is -2.55. The minimum Gasteiger partial charge on any atom is -0.483 e. The molecule has 1 aliphatic rings. The van der Waals surface area contributed by atoms with Crippen LogP contribution in [0.2, 0.25) is 5.02 Å². The predicted octanol–water partition coefficient (Wildman–Crippen LogP) is 3.36. The van der Waals surface area contributed by atoms with Crippen molar-refractivity contribution in [3.8, 4) is 5.75 Å². The molecule has 9 heteroatoms. The zero-order valence-corrected chi connectivity index (χ0v) is 17.1. The van der Waals surface area contributed by atoms with Crippen LogP contribution in [-0.4, -0.2) is 53.2 Å². The van der Waals surface area contributed by atoms with Crippen LogP contribution >= 0.6 is 23.2 Å². The molecule has 3 rings (SSSR count). The van der Waals surface area contributed by atoms with Gasteiger partial charge in [0.25, 0.3) is 5.91 Å². The predicted molar refractivity (Wildman–Crippen MR) is 110 cm³/mol. The van der Waals surface area contributed by atoms with Crippen molar-refractivity contribution in [2.24, 2.45) is 0 Å². The van der Waals surface area contributed by atoms with E-state index >= 15 is 0 Å². The SMILES string of the molecule is CN1C(=O)C(Cl)CN(Cc2ccccc2OCC(=O)Nc2ccccc2Cl)C1=O. The van der Waals surface area contributed by atoms with Crippen LogP contribution in [0.4, 0.5) is 10.5 Å². The molecule has 1 aliphatic heterocycles. The Labute approximate surface area is 178 Å². The molecule has 0 saturated carbocycles. The first-order valence-electron chi connectivity index (χ1n) is 8.82. The lowest BCUT2D eigenvalue weighted by Gasteiger charge is -2.34. The van der Waals surface area contributed by atoms with Crippen LogP contribution in [0, 0.1) is 0 Å². The Kier molecular flexibility index (Phi) is 6.61. The highest BCUT2D eigenvalue weighted by Crippen LogP contribution is 2.24. The van der Waals surface area contributed by atoms with Crippen molar-refractivity contribution in [1.82, 2.24) is 9.80 Å². The third-order valence-corrected chi connectivity index (χ3v) is 5.03. The Hall–Kier alpha value is -2.77. The van der Waals surface area contributed by atoms with E-state index in [4.69, 9.17) is 27.9 Å². The number of hydrogen-bond acceptors (Lipinski definition) is 4. The summed E-state index contributed by atoms with van der Waals surface area (Å²) in [5.74, 6) is -0.331. The Balaban J connectivity index is 1.65. The average molecular weight is 436 g/mol. The molecule has 2 aromatic carbocycles. The number of rotatable bonds is 6. The minimum absolute atomic E-state index is 0.102. The Bertz CT molecular complexity index is 937. The second-order valence-electron chi connectivity index (χ2n) is 6.45. The number of benzene rings is 2. The van der Waals surface area contributed by atoms with E-state index in [-0.39, 0.29) is 25.6 Å². The van der Waals surface area contributed by atoms with Gasteiger partial charge in [0.1, 0.15) is 11.1 Å². The number of ether oxygens (including phenoxy) is 1. The molecule has 1 unspecified atom stereocenters. The number of carbonyl (C=O) groups excluding carboxylic acids is 3. The van der Waals surface area contributed by atoms with Gasteiger partial charge in [0.2, 0.25) is 5.91 Å². The van der Waals surface area contributed by atoms with Crippen LogP contribution in [-0.2, 0) is 16.1 Å². The van der Waals surface area contributed by atoms with E-state index in [9.17, 15) is 14.4 Å². The van der Waals surface area contributed by atoms with Crippen LogP contribution < -0.4 is 10.1 Å². The van der Waals surface area contributed by atoms with Gasteiger partial charge in [-0.15, -0.1) is 11.6 Å². The van der Waals surface area contributed by atoms with Crippen molar-refractivity contribution in [2.45, 2.75) is 11.9 Å². The molecule has 0 aliphatic carbocycles. The van der Waals surface area contributed by atoms with Gasteiger partial charge in [-0.3, -0.25) is 14.5 Å². The zero-order valence-electron chi connectivity index (χ0n) is 15.6. The Morgan fingerprint density at radius 3 is 2.62 bits per heavy atom.